The van der Waals surface area contributed by atoms with Crippen LogP contribution in [0.5, 0.6) is 0 Å². The van der Waals surface area contributed by atoms with E-state index >= 15 is 0 Å². The van der Waals surface area contributed by atoms with Gasteiger partial charge >= 0.3 is 6.03 Å². The van der Waals surface area contributed by atoms with Gasteiger partial charge in [0.25, 0.3) is 0 Å². The van der Waals surface area contributed by atoms with E-state index in [1.165, 1.54) is 0 Å². The van der Waals surface area contributed by atoms with Crippen LogP contribution in [-0.2, 0) is 12.0 Å². The normalized spacial score (nSPS) is 13.4. The van der Waals surface area contributed by atoms with Crippen LogP contribution in [0.4, 0.5) is 4.79 Å². The highest BCUT2D eigenvalue weighted by molar-refractivity contribution is 5.73. The Morgan fingerprint density at radius 3 is 2.68 bits per heavy atom. The summed E-state index contributed by atoms with van der Waals surface area (Å²) in [5.41, 5.74) is 1.46. The number of aromatic nitrogens is 2. The third kappa shape index (κ3) is 4.36. The average molecular weight is 338 g/mol. The van der Waals surface area contributed by atoms with Crippen LogP contribution in [0.3, 0.4) is 0 Å². The Labute approximate surface area is 146 Å². The molecule has 0 saturated heterocycles. The molecular formula is C19H22N4O2. The number of carbonyl (C=O) groups is 1. The summed E-state index contributed by atoms with van der Waals surface area (Å²) >= 11 is 0. The van der Waals surface area contributed by atoms with E-state index in [9.17, 15) is 9.90 Å². The Kier molecular flexibility index (Phi) is 5.00. The summed E-state index contributed by atoms with van der Waals surface area (Å²) in [6.45, 7) is 2.29. The molecule has 0 aliphatic rings. The predicted octanol–water partition coefficient (Wildman–Crippen LogP) is 2.08. The van der Waals surface area contributed by atoms with Crippen LogP contribution in [0.2, 0.25) is 0 Å². The van der Waals surface area contributed by atoms with Crippen molar-refractivity contribution in [3.8, 4) is 0 Å². The number of imidazole rings is 1. The smallest absolute Gasteiger partial charge is 0.314 e. The van der Waals surface area contributed by atoms with Crippen molar-refractivity contribution in [1.29, 1.82) is 0 Å². The minimum atomic E-state index is -1.11. The number of pyridine rings is 1. The first-order valence-electron chi connectivity index (χ1n) is 8.27. The maximum atomic E-state index is 11.9. The van der Waals surface area contributed by atoms with Crippen molar-refractivity contribution in [1.82, 2.24) is 20.0 Å². The zero-order chi connectivity index (χ0) is 17.7. The van der Waals surface area contributed by atoms with E-state index in [4.69, 9.17) is 0 Å². The Hall–Kier alpha value is -2.86. The van der Waals surface area contributed by atoms with Crippen LogP contribution in [0.15, 0.2) is 60.9 Å². The number of carbonyl (C=O) groups excluding carboxylic acids is 1. The average Bonchev–Trinajstić information content (AvgIpc) is 3.03. The third-order valence-corrected chi connectivity index (χ3v) is 4.07. The van der Waals surface area contributed by atoms with Gasteiger partial charge in [-0.15, -0.1) is 0 Å². The molecule has 1 atom stereocenters. The molecule has 0 spiro atoms. The van der Waals surface area contributed by atoms with Crippen LogP contribution >= 0.6 is 0 Å². The molecule has 0 saturated carbocycles. The molecule has 130 valence electrons. The lowest BCUT2D eigenvalue weighted by molar-refractivity contribution is 0.0594. The van der Waals surface area contributed by atoms with E-state index in [0.717, 1.165) is 16.9 Å². The first-order chi connectivity index (χ1) is 12.0. The predicted molar refractivity (Wildman–Crippen MR) is 96.3 cm³/mol. The Bertz CT molecular complexity index is 810. The van der Waals surface area contributed by atoms with Crippen molar-refractivity contribution in [2.45, 2.75) is 18.9 Å². The van der Waals surface area contributed by atoms with Gasteiger partial charge in [0.1, 0.15) is 11.2 Å². The number of nitrogens with one attached hydrogen (secondary N) is 2. The lowest BCUT2D eigenvalue weighted by atomic mass is 9.96. The van der Waals surface area contributed by atoms with Crippen molar-refractivity contribution >= 4 is 11.7 Å². The molecular weight excluding hydrogens is 316 g/mol. The number of urea groups is 1. The van der Waals surface area contributed by atoms with Crippen LogP contribution in [0.25, 0.3) is 5.65 Å². The van der Waals surface area contributed by atoms with Crippen LogP contribution in [-0.4, -0.2) is 33.6 Å². The Balaban J connectivity index is 1.45. The van der Waals surface area contributed by atoms with Gasteiger partial charge in [0.15, 0.2) is 0 Å². The number of benzene rings is 1. The molecule has 1 aromatic carbocycles. The topological polar surface area (TPSA) is 78.7 Å². The number of hydrogen-bond acceptors (Lipinski definition) is 3. The zero-order valence-corrected chi connectivity index (χ0v) is 14.1. The van der Waals surface area contributed by atoms with E-state index in [-0.39, 0.29) is 12.6 Å². The fraction of sp³-hybridized carbons (Fsp3) is 0.263. The van der Waals surface area contributed by atoms with E-state index in [0.29, 0.717) is 13.0 Å². The number of rotatable bonds is 6. The van der Waals surface area contributed by atoms with E-state index in [2.05, 4.69) is 15.6 Å². The molecule has 0 radical (unpaired) electrons. The Morgan fingerprint density at radius 2 is 1.92 bits per heavy atom. The highest BCUT2D eigenvalue weighted by Gasteiger charge is 2.23. The van der Waals surface area contributed by atoms with Gasteiger partial charge in [-0.25, -0.2) is 9.78 Å². The summed E-state index contributed by atoms with van der Waals surface area (Å²) in [6, 6.07) is 14.8. The summed E-state index contributed by atoms with van der Waals surface area (Å²) < 4.78 is 1.95. The second-order valence-corrected chi connectivity index (χ2v) is 6.20. The van der Waals surface area contributed by atoms with Crippen molar-refractivity contribution in [2.24, 2.45) is 0 Å². The molecule has 0 aliphatic carbocycles. The molecule has 3 rings (SSSR count). The molecule has 6 heteroatoms. The van der Waals surface area contributed by atoms with Gasteiger partial charge < -0.3 is 20.1 Å². The fourth-order valence-corrected chi connectivity index (χ4v) is 2.63. The highest BCUT2D eigenvalue weighted by atomic mass is 16.3. The fourth-order valence-electron chi connectivity index (χ4n) is 2.63. The van der Waals surface area contributed by atoms with E-state index < -0.39 is 5.60 Å². The SMILES string of the molecule is CC(O)(CNC(=O)NCCc1cn2ccccc2n1)c1ccccc1. The minimum Gasteiger partial charge on any atom is -0.384 e. The molecule has 3 aromatic rings. The van der Waals surface area contributed by atoms with Crippen LogP contribution in [0, 0.1) is 0 Å². The molecule has 0 fully saturated rings. The molecule has 0 bridgehead atoms. The van der Waals surface area contributed by atoms with E-state index in [1.54, 1.807) is 6.92 Å². The van der Waals surface area contributed by atoms with Crippen molar-refractivity contribution in [3.63, 3.8) is 0 Å². The van der Waals surface area contributed by atoms with Gasteiger partial charge in [-0.3, -0.25) is 0 Å². The van der Waals surface area contributed by atoms with Gasteiger partial charge in [0.05, 0.1) is 12.2 Å². The van der Waals surface area contributed by atoms with Crippen molar-refractivity contribution in [3.05, 3.63) is 72.2 Å². The number of fused-ring (bicyclic) bond motifs is 1. The maximum absolute atomic E-state index is 11.9. The minimum absolute atomic E-state index is 0.136. The lowest BCUT2D eigenvalue weighted by Gasteiger charge is -2.24. The van der Waals surface area contributed by atoms with Crippen LogP contribution < -0.4 is 10.6 Å². The van der Waals surface area contributed by atoms with Crippen LogP contribution in [0.1, 0.15) is 18.2 Å². The standard InChI is InChI=1S/C19H22N4O2/c1-19(25,15-7-3-2-4-8-15)14-21-18(24)20-11-10-16-13-23-12-6-5-9-17(23)22-16/h2-9,12-13,25H,10-11,14H2,1H3,(H2,20,21,24). The van der Waals surface area contributed by atoms with Gasteiger partial charge in [0, 0.05) is 25.4 Å². The molecule has 3 N–H and O–H groups in total. The summed E-state index contributed by atoms with van der Waals surface area (Å²) in [5.74, 6) is 0. The lowest BCUT2D eigenvalue weighted by Crippen LogP contribution is -2.43. The van der Waals surface area contributed by atoms with E-state index in [1.807, 2.05) is 65.3 Å². The summed E-state index contributed by atoms with van der Waals surface area (Å²) in [4.78, 5) is 16.4. The zero-order valence-electron chi connectivity index (χ0n) is 14.1. The largest absolute Gasteiger partial charge is 0.384 e. The van der Waals surface area contributed by atoms with Gasteiger partial charge in [-0.1, -0.05) is 36.4 Å². The molecule has 6 nitrogen and oxygen atoms in total. The van der Waals surface area contributed by atoms with Gasteiger partial charge in [0.2, 0.25) is 0 Å². The van der Waals surface area contributed by atoms with Gasteiger partial charge in [-0.05, 0) is 24.6 Å². The number of amides is 2. The molecule has 25 heavy (non-hydrogen) atoms. The first-order valence-corrected chi connectivity index (χ1v) is 8.27. The van der Waals surface area contributed by atoms with Crippen molar-refractivity contribution < 1.29 is 9.90 Å². The highest BCUT2D eigenvalue weighted by Crippen LogP contribution is 2.18. The van der Waals surface area contributed by atoms with Gasteiger partial charge in [-0.2, -0.15) is 0 Å². The second-order valence-electron chi connectivity index (χ2n) is 6.20. The molecule has 2 aromatic heterocycles. The number of nitrogens with zero attached hydrogens (tertiary/aromatic N) is 2. The molecule has 2 amide bonds. The molecule has 0 aliphatic heterocycles. The number of hydrogen-bond donors (Lipinski definition) is 3. The summed E-state index contributed by atoms with van der Waals surface area (Å²) in [7, 11) is 0. The quantitative estimate of drug-likeness (QED) is 0.644. The summed E-state index contributed by atoms with van der Waals surface area (Å²) in [6.07, 6.45) is 4.54. The third-order valence-electron chi connectivity index (χ3n) is 4.07. The first kappa shape index (κ1) is 17.0. The maximum Gasteiger partial charge on any atom is 0.314 e. The Morgan fingerprint density at radius 1 is 1.16 bits per heavy atom. The number of aliphatic hydroxyl groups is 1. The second kappa shape index (κ2) is 7.36. The summed E-state index contributed by atoms with van der Waals surface area (Å²) in [5, 5.41) is 16.0. The molecule has 2 heterocycles. The monoisotopic (exact) mass is 338 g/mol. The van der Waals surface area contributed by atoms with Crippen molar-refractivity contribution in [2.75, 3.05) is 13.1 Å². The molecule has 1 unspecified atom stereocenters.